The highest BCUT2D eigenvalue weighted by Gasteiger charge is 2.26. The molecule has 4 rings (SSSR count). The minimum Gasteiger partial charge on any atom is -0.368 e. The maximum absolute atomic E-state index is 13.0. The molecular weight excluding hydrogens is 362 g/mol. The summed E-state index contributed by atoms with van der Waals surface area (Å²) >= 11 is 6.29. The van der Waals surface area contributed by atoms with E-state index in [1.807, 2.05) is 23.1 Å². The number of carbonyl (C=O) groups is 2. The number of carbonyl (C=O) groups excluding carboxylic acids is 2. The first-order valence-corrected chi connectivity index (χ1v) is 9.70. The average molecular weight is 384 g/mol. The van der Waals surface area contributed by atoms with Crippen LogP contribution in [0.2, 0.25) is 5.02 Å². The van der Waals surface area contributed by atoms with Gasteiger partial charge in [-0.15, -0.1) is 0 Å². The molecule has 0 saturated carbocycles. The number of halogens is 1. The van der Waals surface area contributed by atoms with Crippen molar-refractivity contribution in [1.29, 1.82) is 0 Å². The Kier molecular flexibility index (Phi) is 5.03. The molecule has 140 valence electrons. The van der Waals surface area contributed by atoms with Crippen molar-refractivity contribution in [2.24, 2.45) is 0 Å². The highest BCUT2D eigenvalue weighted by molar-refractivity contribution is 6.34. The first-order chi connectivity index (χ1) is 13.1. The second-order valence-corrected chi connectivity index (χ2v) is 7.34. The Morgan fingerprint density at radius 3 is 2.33 bits per heavy atom. The normalized spacial score (nSPS) is 17.5. The number of piperazine rings is 1. The van der Waals surface area contributed by atoms with E-state index in [9.17, 15) is 9.59 Å². The van der Waals surface area contributed by atoms with Gasteiger partial charge in [0.2, 0.25) is 5.91 Å². The van der Waals surface area contributed by atoms with Gasteiger partial charge in [-0.25, -0.2) is 0 Å². The number of hydrogen-bond donors (Lipinski definition) is 0. The van der Waals surface area contributed by atoms with Gasteiger partial charge in [-0.2, -0.15) is 0 Å². The second-order valence-electron chi connectivity index (χ2n) is 6.93. The predicted octanol–water partition coefficient (Wildman–Crippen LogP) is 3.43. The summed E-state index contributed by atoms with van der Waals surface area (Å²) in [6, 6.07) is 15.5. The highest BCUT2D eigenvalue weighted by Crippen LogP contribution is 2.31. The minimum absolute atomic E-state index is 0.00715. The van der Waals surface area contributed by atoms with Gasteiger partial charge in [-0.1, -0.05) is 29.8 Å². The number of nitrogens with zero attached hydrogens (tertiary/aromatic N) is 3. The Balaban J connectivity index is 1.47. The molecule has 0 aliphatic carbocycles. The fraction of sp³-hybridized carbons (Fsp3) is 0.333. The van der Waals surface area contributed by atoms with Crippen LogP contribution >= 0.6 is 11.6 Å². The van der Waals surface area contributed by atoms with Gasteiger partial charge in [0.1, 0.15) is 0 Å². The maximum atomic E-state index is 13.0. The quantitative estimate of drug-likeness (QED) is 0.815. The van der Waals surface area contributed by atoms with Gasteiger partial charge in [0.15, 0.2) is 0 Å². The van der Waals surface area contributed by atoms with Gasteiger partial charge >= 0.3 is 0 Å². The summed E-state index contributed by atoms with van der Waals surface area (Å²) < 4.78 is 0. The number of anilines is 2. The average Bonchev–Trinajstić information content (AvgIpc) is 3.14. The van der Waals surface area contributed by atoms with E-state index < -0.39 is 0 Å². The van der Waals surface area contributed by atoms with Crippen molar-refractivity contribution < 1.29 is 9.59 Å². The third-order valence-electron chi connectivity index (χ3n) is 5.25. The number of rotatable bonds is 3. The topological polar surface area (TPSA) is 43.9 Å². The Hall–Kier alpha value is -2.53. The molecule has 0 radical (unpaired) electrons. The van der Waals surface area contributed by atoms with E-state index in [0.29, 0.717) is 42.3 Å². The largest absolute Gasteiger partial charge is 0.368 e. The number of para-hydroxylation sites is 1. The summed E-state index contributed by atoms with van der Waals surface area (Å²) in [6.45, 7) is 3.62. The van der Waals surface area contributed by atoms with E-state index in [2.05, 4.69) is 17.0 Å². The second kappa shape index (κ2) is 7.61. The molecule has 2 aromatic rings. The van der Waals surface area contributed by atoms with Crippen LogP contribution in [-0.4, -0.2) is 49.4 Å². The molecule has 0 spiro atoms. The molecule has 5 nitrogen and oxygen atoms in total. The Morgan fingerprint density at radius 1 is 0.926 bits per heavy atom. The van der Waals surface area contributed by atoms with Crippen LogP contribution in [0.1, 0.15) is 23.2 Å². The van der Waals surface area contributed by atoms with Crippen molar-refractivity contribution in [3.8, 4) is 0 Å². The maximum Gasteiger partial charge on any atom is 0.254 e. The SMILES string of the molecule is O=C(c1ccc(Cl)c(N2CCCC2=O)c1)N1CCN(c2ccccc2)CC1. The summed E-state index contributed by atoms with van der Waals surface area (Å²) in [5.41, 5.74) is 2.42. The van der Waals surface area contributed by atoms with Gasteiger partial charge in [-0.3, -0.25) is 9.59 Å². The standard InChI is InChI=1S/C21H22ClN3O2/c22-18-9-8-16(15-19(18)25-10-4-7-20(25)26)21(27)24-13-11-23(12-14-24)17-5-2-1-3-6-17/h1-3,5-6,8-9,15H,4,7,10-14H2. The van der Waals surface area contributed by atoms with Gasteiger partial charge in [0.25, 0.3) is 5.91 Å². The van der Waals surface area contributed by atoms with E-state index in [-0.39, 0.29) is 11.8 Å². The first-order valence-electron chi connectivity index (χ1n) is 9.33. The van der Waals surface area contributed by atoms with Gasteiger partial charge in [0, 0.05) is 50.4 Å². The molecule has 0 N–H and O–H groups in total. The molecular formula is C21H22ClN3O2. The van der Waals surface area contributed by atoms with Crippen LogP contribution in [-0.2, 0) is 4.79 Å². The van der Waals surface area contributed by atoms with E-state index >= 15 is 0 Å². The van der Waals surface area contributed by atoms with Crippen LogP contribution in [0, 0.1) is 0 Å². The molecule has 2 fully saturated rings. The molecule has 2 aliphatic heterocycles. The highest BCUT2D eigenvalue weighted by atomic mass is 35.5. The summed E-state index contributed by atoms with van der Waals surface area (Å²) in [7, 11) is 0. The smallest absolute Gasteiger partial charge is 0.254 e. The lowest BCUT2D eigenvalue weighted by Gasteiger charge is -2.36. The molecule has 0 bridgehead atoms. The number of benzene rings is 2. The molecule has 0 unspecified atom stereocenters. The zero-order valence-corrected chi connectivity index (χ0v) is 15.9. The lowest BCUT2D eigenvalue weighted by Crippen LogP contribution is -2.48. The molecule has 0 atom stereocenters. The predicted molar refractivity (Wildman–Crippen MR) is 108 cm³/mol. The van der Waals surface area contributed by atoms with Crippen molar-refractivity contribution in [2.45, 2.75) is 12.8 Å². The van der Waals surface area contributed by atoms with Crippen molar-refractivity contribution in [2.75, 3.05) is 42.5 Å². The van der Waals surface area contributed by atoms with E-state index in [4.69, 9.17) is 11.6 Å². The lowest BCUT2D eigenvalue weighted by atomic mass is 10.1. The third-order valence-corrected chi connectivity index (χ3v) is 5.57. The van der Waals surface area contributed by atoms with E-state index in [1.165, 1.54) is 5.69 Å². The summed E-state index contributed by atoms with van der Waals surface area (Å²) in [6.07, 6.45) is 1.37. The minimum atomic E-state index is -0.00715. The molecule has 2 heterocycles. The Morgan fingerprint density at radius 2 is 1.67 bits per heavy atom. The zero-order chi connectivity index (χ0) is 18.8. The van der Waals surface area contributed by atoms with Crippen LogP contribution in [0.3, 0.4) is 0 Å². The third kappa shape index (κ3) is 3.65. The molecule has 2 amide bonds. The molecule has 6 heteroatoms. The van der Waals surface area contributed by atoms with Gasteiger partial charge < -0.3 is 14.7 Å². The fourth-order valence-electron chi connectivity index (χ4n) is 3.74. The Labute approximate surface area is 164 Å². The number of amides is 2. The van der Waals surface area contributed by atoms with Crippen molar-refractivity contribution in [3.63, 3.8) is 0 Å². The number of hydrogen-bond acceptors (Lipinski definition) is 3. The summed E-state index contributed by atoms with van der Waals surface area (Å²) in [5, 5.41) is 0.510. The van der Waals surface area contributed by atoms with Gasteiger partial charge in [0.05, 0.1) is 10.7 Å². The Bertz CT molecular complexity index is 848. The lowest BCUT2D eigenvalue weighted by molar-refractivity contribution is -0.117. The van der Waals surface area contributed by atoms with Crippen LogP contribution in [0.15, 0.2) is 48.5 Å². The fourth-order valence-corrected chi connectivity index (χ4v) is 3.96. The summed E-state index contributed by atoms with van der Waals surface area (Å²) in [5.74, 6) is 0.0604. The van der Waals surface area contributed by atoms with Crippen LogP contribution in [0.4, 0.5) is 11.4 Å². The van der Waals surface area contributed by atoms with Crippen molar-refractivity contribution >= 4 is 34.8 Å². The van der Waals surface area contributed by atoms with E-state index in [1.54, 1.807) is 23.1 Å². The summed E-state index contributed by atoms with van der Waals surface area (Å²) in [4.78, 5) is 30.9. The molecule has 2 aliphatic rings. The molecule has 27 heavy (non-hydrogen) atoms. The van der Waals surface area contributed by atoms with Crippen LogP contribution in [0.5, 0.6) is 0 Å². The van der Waals surface area contributed by atoms with Crippen molar-refractivity contribution in [1.82, 2.24) is 4.90 Å². The molecule has 0 aromatic heterocycles. The first kappa shape index (κ1) is 17.9. The molecule has 2 aromatic carbocycles. The van der Waals surface area contributed by atoms with E-state index in [0.717, 1.165) is 19.5 Å². The van der Waals surface area contributed by atoms with Crippen LogP contribution in [0.25, 0.3) is 0 Å². The van der Waals surface area contributed by atoms with Crippen molar-refractivity contribution in [3.05, 3.63) is 59.1 Å². The van der Waals surface area contributed by atoms with Gasteiger partial charge in [-0.05, 0) is 36.8 Å². The zero-order valence-electron chi connectivity index (χ0n) is 15.1. The monoisotopic (exact) mass is 383 g/mol. The van der Waals surface area contributed by atoms with Crippen LogP contribution < -0.4 is 9.80 Å². The molecule has 2 saturated heterocycles.